The summed E-state index contributed by atoms with van der Waals surface area (Å²) in [5, 5.41) is 6.93. The van der Waals surface area contributed by atoms with Crippen LogP contribution >= 0.6 is 0 Å². The first-order chi connectivity index (χ1) is 11.5. The second-order valence-electron chi connectivity index (χ2n) is 7.82. The van der Waals surface area contributed by atoms with Gasteiger partial charge in [-0.15, -0.1) is 0 Å². The molecule has 0 unspecified atom stereocenters. The predicted molar refractivity (Wildman–Crippen MR) is 84.9 cm³/mol. The van der Waals surface area contributed by atoms with E-state index in [4.69, 9.17) is 4.52 Å². The number of rotatable bonds is 7. The third kappa shape index (κ3) is 2.70. The quantitative estimate of drug-likeness (QED) is 0.775. The SMILES string of the molecule is CC(C)CC[C@]1(C2CC2)NC(=O)N(Cc2noc(C3CC3)n2)C1=O. The summed E-state index contributed by atoms with van der Waals surface area (Å²) < 4.78 is 5.23. The monoisotopic (exact) mass is 332 g/mol. The lowest BCUT2D eigenvalue weighted by Crippen LogP contribution is -2.49. The summed E-state index contributed by atoms with van der Waals surface area (Å²) in [5.74, 6) is 2.06. The van der Waals surface area contributed by atoms with Crippen LogP contribution in [0.4, 0.5) is 4.79 Å². The molecule has 1 atom stereocenters. The Kier molecular flexibility index (Phi) is 3.62. The van der Waals surface area contributed by atoms with Crippen LogP contribution in [0.3, 0.4) is 0 Å². The zero-order valence-electron chi connectivity index (χ0n) is 14.2. The lowest BCUT2D eigenvalue weighted by atomic mass is 9.85. The van der Waals surface area contributed by atoms with E-state index in [1.807, 2.05) is 0 Å². The summed E-state index contributed by atoms with van der Waals surface area (Å²) in [6, 6.07) is -0.326. The van der Waals surface area contributed by atoms with Gasteiger partial charge in [0.2, 0.25) is 5.89 Å². The van der Waals surface area contributed by atoms with Gasteiger partial charge in [-0.2, -0.15) is 4.98 Å². The molecular formula is C17H24N4O3. The Balaban J connectivity index is 1.50. The van der Waals surface area contributed by atoms with Crippen molar-refractivity contribution in [1.82, 2.24) is 20.4 Å². The molecule has 1 aromatic heterocycles. The maximum atomic E-state index is 13.0. The summed E-state index contributed by atoms with van der Waals surface area (Å²) in [6.07, 6.45) is 5.79. The molecule has 1 N–H and O–H groups in total. The van der Waals surface area contributed by atoms with E-state index in [9.17, 15) is 9.59 Å². The van der Waals surface area contributed by atoms with Crippen LogP contribution < -0.4 is 5.32 Å². The Hall–Kier alpha value is -1.92. The van der Waals surface area contributed by atoms with Crippen LogP contribution in [-0.2, 0) is 11.3 Å². The zero-order chi connectivity index (χ0) is 16.9. The van der Waals surface area contributed by atoms with Crippen molar-refractivity contribution in [3.05, 3.63) is 11.7 Å². The molecule has 4 rings (SSSR count). The van der Waals surface area contributed by atoms with Gasteiger partial charge in [-0.05, 0) is 50.4 Å². The highest BCUT2D eigenvalue weighted by molar-refractivity contribution is 6.07. The number of hydrogen-bond donors (Lipinski definition) is 1. The average Bonchev–Trinajstić information content (AvgIpc) is 3.46. The minimum absolute atomic E-state index is 0.0943. The first-order valence-electron chi connectivity index (χ1n) is 8.96. The van der Waals surface area contributed by atoms with E-state index in [-0.39, 0.29) is 24.4 Å². The van der Waals surface area contributed by atoms with Crippen molar-refractivity contribution in [2.24, 2.45) is 11.8 Å². The molecule has 0 bridgehead atoms. The molecule has 7 heteroatoms. The third-order valence-electron chi connectivity index (χ3n) is 5.30. The van der Waals surface area contributed by atoms with Gasteiger partial charge < -0.3 is 9.84 Å². The van der Waals surface area contributed by atoms with Gasteiger partial charge in [0.1, 0.15) is 5.54 Å². The van der Waals surface area contributed by atoms with E-state index in [2.05, 4.69) is 29.3 Å². The molecule has 2 heterocycles. The summed E-state index contributed by atoms with van der Waals surface area (Å²) in [6.45, 7) is 4.37. The summed E-state index contributed by atoms with van der Waals surface area (Å²) in [7, 11) is 0. The molecule has 0 radical (unpaired) electrons. The van der Waals surface area contributed by atoms with Crippen molar-refractivity contribution in [2.45, 2.75) is 70.4 Å². The highest BCUT2D eigenvalue weighted by Gasteiger charge is 2.58. The Bertz CT molecular complexity index is 663. The van der Waals surface area contributed by atoms with E-state index in [1.165, 1.54) is 4.90 Å². The number of nitrogens with zero attached hydrogens (tertiary/aromatic N) is 3. The van der Waals surface area contributed by atoms with E-state index >= 15 is 0 Å². The molecular weight excluding hydrogens is 308 g/mol. The number of aromatic nitrogens is 2. The molecule has 0 spiro atoms. The smallest absolute Gasteiger partial charge is 0.325 e. The summed E-state index contributed by atoms with van der Waals surface area (Å²) in [5.41, 5.74) is -0.718. The normalized spacial score (nSPS) is 27.2. The Morgan fingerprint density at radius 1 is 1.29 bits per heavy atom. The van der Waals surface area contributed by atoms with E-state index in [0.717, 1.165) is 32.1 Å². The fraction of sp³-hybridized carbons (Fsp3) is 0.765. The highest BCUT2D eigenvalue weighted by Crippen LogP contribution is 2.46. The molecule has 1 saturated heterocycles. The lowest BCUT2D eigenvalue weighted by Gasteiger charge is -2.27. The first kappa shape index (κ1) is 15.6. The van der Waals surface area contributed by atoms with Crippen LogP contribution in [0.15, 0.2) is 4.52 Å². The lowest BCUT2D eigenvalue weighted by molar-refractivity contribution is -0.133. The largest absolute Gasteiger partial charge is 0.339 e. The van der Waals surface area contributed by atoms with E-state index in [1.54, 1.807) is 0 Å². The van der Waals surface area contributed by atoms with Crippen LogP contribution in [0.25, 0.3) is 0 Å². The minimum Gasteiger partial charge on any atom is -0.339 e. The standard InChI is InChI=1S/C17H24N4O3/c1-10(2)7-8-17(12-5-6-12)15(22)21(16(23)19-17)9-13-18-14(24-20-13)11-3-4-11/h10-12H,3-9H2,1-2H3,(H,19,23)/t17-/m1/s1. The van der Waals surface area contributed by atoms with Gasteiger partial charge in [0.15, 0.2) is 5.82 Å². The Morgan fingerprint density at radius 2 is 2.04 bits per heavy atom. The summed E-state index contributed by atoms with van der Waals surface area (Å²) in [4.78, 5) is 31.1. The van der Waals surface area contributed by atoms with Crippen molar-refractivity contribution in [3.63, 3.8) is 0 Å². The average molecular weight is 332 g/mol. The number of carbonyl (C=O) groups excluding carboxylic acids is 2. The maximum Gasteiger partial charge on any atom is 0.325 e. The van der Waals surface area contributed by atoms with Gasteiger partial charge in [-0.25, -0.2) is 4.79 Å². The fourth-order valence-corrected chi connectivity index (χ4v) is 3.50. The molecule has 1 aromatic rings. The molecule has 2 aliphatic carbocycles. The van der Waals surface area contributed by atoms with Crippen LogP contribution in [0.5, 0.6) is 0 Å². The van der Waals surface area contributed by atoms with Gasteiger partial charge in [-0.3, -0.25) is 9.69 Å². The van der Waals surface area contributed by atoms with Crippen molar-refractivity contribution >= 4 is 11.9 Å². The van der Waals surface area contributed by atoms with Crippen molar-refractivity contribution in [3.8, 4) is 0 Å². The second-order valence-corrected chi connectivity index (χ2v) is 7.82. The highest BCUT2D eigenvalue weighted by atomic mass is 16.5. The van der Waals surface area contributed by atoms with Crippen LogP contribution in [0.2, 0.25) is 0 Å². The summed E-state index contributed by atoms with van der Waals surface area (Å²) >= 11 is 0. The van der Waals surface area contributed by atoms with Crippen LogP contribution in [-0.4, -0.2) is 32.5 Å². The first-order valence-corrected chi connectivity index (χ1v) is 8.96. The maximum absolute atomic E-state index is 13.0. The Morgan fingerprint density at radius 3 is 2.67 bits per heavy atom. The van der Waals surface area contributed by atoms with Crippen LogP contribution in [0, 0.1) is 11.8 Å². The Labute approximate surface area is 141 Å². The van der Waals surface area contributed by atoms with Crippen molar-refractivity contribution in [1.29, 1.82) is 0 Å². The molecule has 1 aliphatic heterocycles. The molecule has 2 saturated carbocycles. The second kappa shape index (κ2) is 5.57. The molecule has 3 aliphatic rings. The third-order valence-corrected chi connectivity index (χ3v) is 5.30. The molecule has 3 amide bonds. The van der Waals surface area contributed by atoms with Crippen molar-refractivity contribution in [2.75, 3.05) is 0 Å². The minimum atomic E-state index is -0.718. The van der Waals surface area contributed by atoms with Gasteiger partial charge in [0.05, 0.1) is 6.54 Å². The number of hydrogen-bond acceptors (Lipinski definition) is 5. The number of imide groups is 1. The van der Waals surface area contributed by atoms with Gasteiger partial charge in [0.25, 0.3) is 5.91 Å². The topological polar surface area (TPSA) is 88.3 Å². The molecule has 3 fully saturated rings. The van der Waals surface area contributed by atoms with E-state index in [0.29, 0.717) is 30.0 Å². The molecule has 0 aromatic carbocycles. The number of carbonyl (C=O) groups is 2. The number of nitrogens with one attached hydrogen (secondary N) is 1. The molecule has 7 nitrogen and oxygen atoms in total. The van der Waals surface area contributed by atoms with Gasteiger partial charge >= 0.3 is 6.03 Å². The zero-order valence-corrected chi connectivity index (χ0v) is 14.2. The predicted octanol–water partition coefficient (Wildman–Crippen LogP) is 2.58. The number of urea groups is 1. The van der Waals surface area contributed by atoms with E-state index < -0.39 is 5.54 Å². The molecule has 24 heavy (non-hydrogen) atoms. The van der Waals surface area contributed by atoms with Gasteiger partial charge in [-0.1, -0.05) is 19.0 Å². The number of amides is 3. The van der Waals surface area contributed by atoms with Crippen molar-refractivity contribution < 1.29 is 14.1 Å². The van der Waals surface area contributed by atoms with Crippen LogP contribution in [0.1, 0.15) is 70.0 Å². The fourth-order valence-electron chi connectivity index (χ4n) is 3.50. The van der Waals surface area contributed by atoms with Gasteiger partial charge in [0, 0.05) is 5.92 Å². The molecule has 130 valence electrons.